The highest BCUT2D eigenvalue weighted by Crippen LogP contribution is 2.26. The zero-order valence-corrected chi connectivity index (χ0v) is 18.0. The molecule has 1 fully saturated rings. The van der Waals surface area contributed by atoms with Crippen LogP contribution in [0.5, 0.6) is 11.5 Å². The van der Waals surface area contributed by atoms with E-state index in [1.165, 1.54) is 11.6 Å². The molecule has 5 nitrogen and oxygen atoms in total. The second-order valence-electron chi connectivity index (χ2n) is 8.37. The van der Waals surface area contributed by atoms with E-state index in [0.29, 0.717) is 19.4 Å². The standard InChI is InChI=1S/C24H33FN2O3/c1-26(2)16-17-29-21-10-8-20(9-11-21)18-27-14-5-12-24(28,13-15-27)19-30-23-7-4-3-6-22(23)25/h3-4,6-11,28H,5,12-19H2,1-2H3/t24-/m0/s1. The van der Waals surface area contributed by atoms with Crippen molar-refractivity contribution in [3.05, 3.63) is 59.9 Å². The van der Waals surface area contributed by atoms with Crippen molar-refractivity contribution in [3.8, 4) is 11.5 Å². The van der Waals surface area contributed by atoms with Crippen LogP contribution >= 0.6 is 0 Å². The molecule has 0 bridgehead atoms. The minimum Gasteiger partial charge on any atom is -0.492 e. The fourth-order valence-corrected chi connectivity index (χ4v) is 3.61. The molecule has 0 aromatic heterocycles. The number of rotatable bonds is 9. The first-order valence-corrected chi connectivity index (χ1v) is 10.6. The Balaban J connectivity index is 1.47. The van der Waals surface area contributed by atoms with Gasteiger partial charge in [-0.2, -0.15) is 0 Å². The van der Waals surface area contributed by atoms with Crippen LogP contribution in [-0.4, -0.2) is 67.5 Å². The lowest BCUT2D eigenvalue weighted by Crippen LogP contribution is -2.37. The summed E-state index contributed by atoms with van der Waals surface area (Å²) in [4.78, 5) is 4.44. The Kier molecular flexibility index (Phi) is 8.08. The number of ether oxygens (including phenoxy) is 2. The maximum atomic E-state index is 13.8. The predicted octanol–water partition coefficient (Wildman–Crippen LogP) is 3.56. The van der Waals surface area contributed by atoms with Crippen molar-refractivity contribution >= 4 is 0 Å². The van der Waals surface area contributed by atoms with Gasteiger partial charge in [-0.1, -0.05) is 24.3 Å². The Morgan fingerprint density at radius 3 is 2.53 bits per heavy atom. The molecule has 164 valence electrons. The van der Waals surface area contributed by atoms with E-state index in [1.54, 1.807) is 18.2 Å². The Hall–Kier alpha value is -2.15. The number of aliphatic hydroxyl groups is 1. The number of halogens is 1. The fraction of sp³-hybridized carbons (Fsp3) is 0.500. The Morgan fingerprint density at radius 1 is 1.03 bits per heavy atom. The Labute approximate surface area is 179 Å². The van der Waals surface area contributed by atoms with Gasteiger partial charge in [0, 0.05) is 19.6 Å². The van der Waals surface area contributed by atoms with Gasteiger partial charge in [0.25, 0.3) is 0 Å². The Bertz CT molecular complexity index is 784. The van der Waals surface area contributed by atoms with Gasteiger partial charge in [-0.25, -0.2) is 4.39 Å². The minimum atomic E-state index is -0.929. The molecular weight excluding hydrogens is 383 g/mol. The highest BCUT2D eigenvalue weighted by molar-refractivity contribution is 5.27. The molecule has 1 aliphatic heterocycles. The van der Waals surface area contributed by atoms with E-state index in [1.807, 2.05) is 26.2 Å². The summed E-state index contributed by atoms with van der Waals surface area (Å²) < 4.78 is 25.1. The smallest absolute Gasteiger partial charge is 0.165 e. The number of benzene rings is 2. The number of hydrogen-bond donors (Lipinski definition) is 1. The number of likely N-dealkylation sites (tertiary alicyclic amines) is 1. The lowest BCUT2D eigenvalue weighted by atomic mass is 9.96. The van der Waals surface area contributed by atoms with E-state index in [9.17, 15) is 9.50 Å². The maximum Gasteiger partial charge on any atom is 0.165 e. The third-order valence-corrected chi connectivity index (χ3v) is 5.48. The summed E-state index contributed by atoms with van der Waals surface area (Å²) in [5.41, 5.74) is 0.296. The van der Waals surface area contributed by atoms with Crippen LogP contribution in [0.25, 0.3) is 0 Å². The average molecular weight is 417 g/mol. The topological polar surface area (TPSA) is 45.2 Å². The molecule has 0 unspecified atom stereocenters. The number of nitrogens with zero attached hydrogens (tertiary/aromatic N) is 2. The summed E-state index contributed by atoms with van der Waals surface area (Å²) in [5.74, 6) is 0.682. The van der Waals surface area contributed by atoms with Gasteiger partial charge in [-0.3, -0.25) is 4.90 Å². The van der Waals surface area contributed by atoms with Gasteiger partial charge in [-0.05, 0) is 69.7 Å². The normalized spacial score (nSPS) is 20.2. The first kappa shape index (κ1) is 22.5. The van der Waals surface area contributed by atoms with E-state index in [-0.39, 0.29) is 12.4 Å². The van der Waals surface area contributed by atoms with Crippen LogP contribution in [0.4, 0.5) is 4.39 Å². The van der Waals surface area contributed by atoms with Gasteiger partial charge in [0.15, 0.2) is 11.6 Å². The molecule has 0 aliphatic carbocycles. The molecule has 1 aliphatic rings. The zero-order valence-electron chi connectivity index (χ0n) is 18.0. The summed E-state index contributed by atoms with van der Waals surface area (Å²) >= 11 is 0. The van der Waals surface area contributed by atoms with Crippen molar-refractivity contribution < 1.29 is 19.0 Å². The molecule has 0 saturated carbocycles. The third-order valence-electron chi connectivity index (χ3n) is 5.48. The highest BCUT2D eigenvalue weighted by Gasteiger charge is 2.31. The number of hydrogen-bond acceptors (Lipinski definition) is 5. The van der Waals surface area contributed by atoms with Crippen LogP contribution in [-0.2, 0) is 6.54 Å². The summed E-state index contributed by atoms with van der Waals surface area (Å²) in [6.07, 6.45) is 2.13. The molecule has 2 aromatic carbocycles. The van der Waals surface area contributed by atoms with Crippen molar-refractivity contribution in [1.29, 1.82) is 0 Å². The predicted molar refractivity (Wildman–Crippen MR) is 116 cm³/mol. The van der Waals surface area contributed by atoms with Crippen LogP contribution in [0.2, 0.25) is 0 Å². The quantitative estimate of drug-likeness (QED) is 0.677. The first-order valence-electron chi connectivity index (χ1n) is 10.6. The van der Waals surface area contributed by atoms with Crippen LogP contribution in [0.1, 0.15) is 24.8 Å². The highest BCUT2D eigenvalue weighted by atomic mass is 19.1. The molecule has 0 amide bonds. The van der Waals surface area contributed by atoms with Crippen molar-refractivity contribution in [3.63, 3.8) is 0 Å². The molecule has 6 heteroatoms. The Morgan fingerprint density at radius 2 is 1.80 bits per heavy atom. The molecule has 1 heterocycles. The zero-order chi connectivity index (χ0) is 21.4. The monoisotopic (exact) mass is 416 g/mol. The summed E-state index contributed by atoms with van der Waals surface area (Å²) in [5, 5.41) is 11.0. The first-order chi connectivity index (χ1) is 14.4. The van der Waals surface area contributed by atoms with E-state index in [4.69, 9.17) is 9.47 Å². The lowest BCUT2D eigenvalue weighted by Gasteiger charge is -2.27. The molecule has 1 saturated heterocycles. The van der Waals surface area contributed by atoms with Gasteiger partial charge in [0.2, 0.25) is 0 Å². The molecule has 2 aromatic rings. The second kappa shape index (κ2) is 10.8. The van der Waals surface area contributed by atoms with Crippen molar-refractivity contribution in [2.45, 2.75) is 31.4 Å². The van der Waals surface area contributed by atoms with Crippen LogP contribution < -0.4 is 9.47 Å². The van der Waals surface area contributed by atoms with E-state index >= 15 is 0 Å². The molecule has 1 N–H and O–H groups in total. The number of para-hydroxylation sites is 1. The van der Waals surface area contributed by atoms with Crippen LogP contribution in [0.15, 0.2) is 48.5 Å². The second-order valence-corrected chi connectivity index (χ2v) is 8.37. The van der Waals surface area contributed by atoms with Crippen molar-refractivity contribution in [1.82, 2.24) is 9.80 Å². The van der Waals surface area contributed by atoms with Crippen LogP contribution in [0, 0.1) is 5.82 Å². The molecule has 0 radical (unpaired) electrons. The van der Waals surface area contributed by atoms with E-state index in [0.717, 1.165) is 38.3 Å². The molecule has 3 rings (SSSR count). The molecular formula is C24H33FN2O3. The molecule has 1 atom stereocenters. The van der Waals surface area contributed by atoms with Crippen molar-refractivity contribution in [2.24, 2.45) is 0 Å². The molecule has 0 spiro atoms. The molecule has 30 heavy (non-hydrogen) atoms. The van der Waals surface area contributed by atoms with E-state index < -0.39 is 11.4 Å². The largest absolute Gasteiger partial charge is 0.492 e. The summed E-state index contributed by atoms with van der Waals surface area (Å²) in [6.45, 7) is 4.20. The summed E-state index contributed by atoms with van der Waals surface area (Å²) in [6, 6.07) is 14.6. The SMILES string of the molecule is CN(C)CCOc1ccc(CN2CCC[C@@](O)(COc3ccccc3F)CC2)cc1. The van der Waals surface area contributed by atoms with Gasteiger partial charge in [0.1, 0.15) is 19.0 Å². The van der Waals surface area contributed by atoms with Gasteiger partial charge < -0.3 is 19.5 Å². The van der Waals surface area contributed by atoms with Gasteiger partial charge in [0.05, 0.1) is 5.60 Å². The average Bonchev–Trinajstić information content (AvgIpc) is 2.90. The third kappa shape index (κ3) is 6.97. The van der Waals surface area contributed by atoms with Gasteiger partial charge >= 0.3 is 0 Å². The maximum absolute atomic E-state index is 13.8. The minimum absolute atomic E-state index is 0.112. The van der Waals surface area contributed by atoms with Gasteiger partial charge in [-0.15, -0.1) is 0 Å². The van der Waals surface area contributed by atoms with Crippen LogP contribution in [0.3, 0.4) is 0 Å². The fourth-order valence-electron chi connectivity index (χ4n) is 3.61. The lowest BCUT2D eigenvalue weighted by molar-refractivity contribution is -0.0177. The van der Waals surface area contributed by atoms with Crippen molar-refractivity contribution in [2.75, 3.05) is 46.9 Å². The number of likely N-dealkylation sites (N-methyl/N-ethyl adjacent to an activating group) is 1. The summed E-state index contributed by atoms with van der Waals surface area (Å²) in [7, 11) is 4.06. The van der Waals surface area contributed by atoms with E-state index in [2.05, 4.69) is 21.9 Å².